The van der Waals surface area contributed by atoms with Gasteiger partial charge >= 0.3 is 5.97 Å². The molecule has 0 aliphatic carbocycles. The zero-order valence-corrected chi connectivity index (χ0v) is 13.7. The summed E-state index contributed by atoms with van der Waals surface area (Å²) in [6.07, 6.45) is 3.10. The number of likely N-dealkylation sites (tertiary alicyclic amines) is 1. The summed E-state index contributed by atoms with van der Waals surface area (Å²) in [4.78, 5) is 27.4. The van der Waals surface area contributed by atoms with Crippen LogP contribution >= 0.6 is 11.3 Å². The molecule has 3 rings (SSSR count). The van der Waals surface area contributed by atoms with Crippen LogP contribution in [0.1, 0.15) is 47.2 Å². The number of hydrogen-bond acceptors (Lipinski definition) is 6. The lowest BCUT2D eigenvalue weighted by Crippen LogP contribution is -2.35. The van der Waals surface area contributed by atoms with Crippen LogP contribution in [-0.2, 0) is 4.74 Å². The zero-order valence-electron chi connectivity index (χ0n) is 12.9. The van der Waals surface area contributed by atoms with E-state index in [-0.39, 0.29) is 24.0 Å². The van der Waals surface area contributed by atoms with Crippen LogP contribution in [0.3, 0.4) is 0 Å². The molecule has 2 aromatic rings. The van der Waals surface area contributed by atoms with Crippen LogP contribution in [0.25, 0.3) is 10.4 Å². The number of aromatic nitrogens is 1. The first-order valence-electron chi connectivity index (χ1n) is 7.72. The molecule has 0 aromatic carbocycles. The molecular weight excluding hydrogens is 316 g/mol. The predicted molar refractivity (Wildman–Crippen MR) is 85.5 cm³/mol. The highest BCUT2D eigenvalue weighted by molar-refractivity contribution is 7.13. The van der Waals surface area contributed by atoms with Crippen molar-refractivity contribution in [1.29, 1.82) is 0 Å². The molecule has 23 heavy (non-hydrogen) atoms. The number of amides is 1. The minimum atomic E-state index is -0.572. The molecular formula is C16H18N2O4S. The fourth-order valence-electron chi connectivity index (χ4n) is 2.66. The van der Waals surface area contributed by atoms with Crippen LogP contribution in [0.2, 0.25) is 0 Å². The number of piperidine rings is 1. The van der Waals surface area contributed by atoms with E-state index in [0.29, 0.717) is 18.7 Å². The number of esters is 1. The van der Waals surface area contributed by atoms with Gasteiger partial charge in [0.15, 0.2) is 0 Å². The molecule has 1 aliphatic heterocycles. The van der Waals surface area contributed by atoms with E-state index in [1.54, 1.807) is 11.8 Å². The molecule has 0 bridgehead atoms. The van der Waals surface area contributed by atoms with Crippen LogP contribution in [-0.4, -0.2) is 41.6 Å². The number of carbonyl (C=O) groups is 2. The normalized spacial score (nSPS) is 14.7. The lowest BCUT2D eigenvalue weighted by Gasteiger charge is -2.25. The monoisotopic (exact) mass is 334 g/mol. The van der Waals surface area contributed by atoms with Gasteiger partial charge in [-0.05, 0) is 37.6 Å². The van der Waals surface area contributed by atoms with Gasteiger partial charge in [0.2, 0.25) is 11.5 Å². The highest BCUT2D eigenvalue weighted by Gasteiger charge is 2.31. The van der Waals surface area contributed by atoms with Crippen LogP contribution < -0.4 is 0 Å². The summed E-state index contributed by atoms with van der Waals surface area (Å²) < 4.78 is 10.3. The summed E-state index contributed by atoms with van der Waals surface area (Å²) in [7, 11) is 0. The van der Waals surface area contributed by atoms with Gasteiger partial charge in [-0.2, -0.15) is 0 Å². The fourth-order valence-corrected chi connectivity index (χ4v) is 3.43. The maximum Gasteiger partial charge on any atom is 0.361 e. The Hall–Kier alpha value is -2.15. The van der Waals surface area contributed by atoms with Crippen LogP contribution in [0, 0.1) is 0 Å². The SMILES string of the molecule is CCOC(=O)c1noc(C(=O)N2CCCCC2)c1-c1cccs1. The number of carbonyl (C=O) groups excluding carboxylic acids is 2. The fraction of sp³-hybridized carbons (Fsp3) is 0.438. The summed E-state index contributed by atoms with van der Waals surface area (Å²) in [5.74, 6) is -0.661. The number of ether oxygens (including phenoxy) is 1. The Kier molecular flexibility index (Phi) is 4.76. The quantitative estimate of drug-likeness (QED) is 0.803. The molecule has 0 saturated carbocycles. The Morgan fingerprint density at radius 2 is 2.13 bits per heavy atom. The van der Waals surface area contributed by atoms with Crippen molar-refractivity contribution in [2.75, 3.05) is 19.7 Å². The number of hydrogen-bond donors (Lipinski definition) is 0. The zero-order chi connectivity index (χ0) is 16.2. The van der Waals surface area contributed by atoms with Gasteiger partial charge in [0.1, 0.15) is 0 Å². The average Bonchev–Trinajstić information content (AvgIpc) is 3.24. The summed E-state index contributed by atoms with van der Waals surface area (Å²) >= 11 is 1.43. The van der Waals surface area contributed by atoms with E-state index in [1.165, 1.54) is 11.3 Å². The molecule has 122 valence electrons. The molecule has 1 aliphatic rings. The van der Waals surface area contributed by atoms with E-state index < -0.39 is 5.97 Å². The smallest absolute Gasteiger partial charge is 0.361 e. The number of nitrogens with zero attached hydrogens (tertiary/aromatic N) is 2. The molecule has 1 saturated heterocycles. The molecule has 2 aromatic heterocycles. The number of rotatable bonds is 4. The Morgan fingerprint density at radius 3 is 2.78 bits per heavy atom. The van der Waals surface area contributed by atoms with E-state index >= 15 is 0 Å². The third-order valence-electron chi connectivity index (χ3n) is 3.77. The molecule has 0 N–H and O–H groups in total. The lowest BCUT2D eigenvalue weighted by molar-refractivity contribution is 0.0513. The minimum Gasteiger partial charge on any atom is -0.461 e. The standard InChI is InChI=1S/C16H18N2O4S/c1-2-21-16(20)13-12(11-7-6-10-23-11)14(22-17-13)15(19)18-8-4-3-5-9-18/h6-7,10H,2-5,8-9H2,1H3. The maximum atomic E-state index is 12.8. The Labute approximate surface area is 138 Å². The molecule has 0 atom stereocenters. The van der Waals surface area contributed by atoms with E-state index in [0.717, 1.165) is 24.1 Å². The van der Waals surface area contributed by atoms with Crippen molar-refractivity contribution < 1.29 is 18.8 Å². The molecule has 1 fully saturated rings. The van der Waals surface area contributed by atoms with Gasteiger partial charge in [-0.25, -0.2) is 4.79 Å². The van der Waals surface area contributed by atoms with Crippen molar-refractivity contribution in [2.45, 2.75) is 26.2 Å². The van der Waals surface area contributed by atoms with Crippen LogP contribution in [0.15, 0.2) is 22.0 Å². The van der Waals surface area contributed by atoms with Crippen molar-refractivity contribution in [2.24, 2.45) is 0 Å². The van der Waals surface area contributed by atoms with Crippen molar-refractivity contribution in [3.63, 3.8) is 0 Å². The van der Waals surface area contributed by atoms with Gasteiger partial charge in [0.05, 0.1) is 12.2 Å². The Balaban J connectivity index is 1.99. The molecule has 7 heteroatoms. The second kappa shape index (κ2) is 6.95. The van der Waals surface area contributed by atoms with Gasteiger partial charge in [-0.1, -0.05) is 11.2 Å². The molecule has 6 nitrogen and oxygen atoms in total. The highest BCUT2D eigenvalue weighted by atomic mass is 32.1. The summed E-state index contributed by atoms with van der Waals surface area (Å²) in [6, 6.07) is 3.70. The van der Waals surface area contributed by atoms with E-state index in [2.05, 4.69) is 5.16 Å². The van der Waals surface area contributed by atoms with Crippen molar-refractivity contribution in [3.8, 4) is 10.4 Å². The average molecular weight is 334 g/mol. The first kappa shape index (κ1) is 15.7. The third-order valence-corrected chi connectivity index (χ3v) is 4.65. The minimum absolute atomic E-state index is 0.0645. The maximum absolute atomic E-state index is 12.8. The Morgan fingerprint density at radius 1 is 1.35 bits per heavy atom. The Bertz CT molecular complexity index is 687. The van der Waals surface area contributed by atoms with Crippen LogP contribution in [0.5, 0.6) is 0 Å². The second-order valence-corrected chi connectivity index (χ2v) is 6.23. The molecule has 0 spiro atoms. The molecule has 0 radical (unpaired) electrons. The summed E-state index contributed by atoms with van der Waals surface area (Å²) in [5, 5.41) is 5.70. The van der Waals surface area contributed by atoms with Crippen molar-refractivity contribution >= 4 is 23.2 Å². The lowest BCUT2D eigenvalue weighted by atomic mass is 10.1. The highest BCUT2D eigenvalue weighted by Crippen LogP contribution is 2.33. The third kappa shape index (κ3) is 3.14. The van der Waals surface area contributed by atoms with Crippen molar-refractivity contribution in [3.05, 3.63) is 29.0 Å². The van der Waals surface area contributed by atoms with Gasteiger partial charge in [-0.3, -0.25) is 4.79 Å². The van der Waals surface area contributed by atoms with E-state index in [9.17, 15) is 9.59 Å². The molecule has 1 amide bonds. The van der Waals surface area contributed by atoms with Crippen LogP contribution in [0.4, 0.5) is 0 Å². The first-order chi connectivity index (χ1) is 11.2. The largest absolute Gasteiger partial charge is 0.461 e. The van der Waals surface area contributed by atoms with E-state index in [4.69, 9.17) is 9.26 Å². The van der Waals surface area contributed by atoms with Gasteiger partial charge in [0, 0.05) is 18.0 Å². The second-order valence-electron chi connectivity index (χ2n) is 5.29. The topological polar surface area (TPSA) is 72.6 Å². The molecule has 3 heterocycles. The van der Waals surface area contributed by atoms with Gasteiger partial charge < -0.3 is 14.2 Å². The summed E-state index contributed by atoms with van der Waals surface area (Å²) in [6.45, 7) is 3.38. The van der Waals surface area contributed by atoms with Crippen molar-refractivity contribution in [1.82, 2.24) is 10.1 Å². The van der Waals surface area contributed by atoms with Gasteiger partial charge in [-0.15, -0.1) is 11.3 Å². The first-order valence-corrected chi connectivity index (χ1v) is 8.60. The predicted octanol–water partition coefficient (Wildman–Crippen LogP) is 3.21. The van der Waals surface area contributed by atoms with E-state index in [1.807, 2.05) is 17.5 Å². The molecule has 0 unspecified atom stereocenters. The summed E-state index contributed by atoms with van der Waals surface area (Å²) in [5.41, 5.74) is 0.503. The number of thiophene rings is 1. The van der Waals surface area contributed by atoms with Gasteiger partial charge in [0.25, 0.3) is 5.91 Å².